The van der Waals surface area contributed by atoms with Gasteiger partial charge in [-0.25, -0.2) is 18.6 Å². The lowest BCUT2D eigenvalue weighted by atomic mass is 10.2. The van der Waals surface area contributed by atoms with Crippen LogP contribution in [0.15, 0.2) is 18.3 Å². The zero-order chi connectivity index (χ0) is 12.4. The maximum Gasteiger partial charge on any atom is 0.328 e. The Morgan fingerprint density at radius 3 is 3.06 bits per heavy atom. The molecule has 2 aromatic rings. The van der Waals surface area contributed by atoms with Gasteiger partial charge < -0.3 is 5.11 Å². The summed E-state index contributed by atoms with van der Waals surface area (Å²) in [6.07, 6.45) is 3.86. The summed E-state index contributed by atoms with van der Waals surface area (Å²) in [7, 11) is 0. The number of nitrogens with zero attached hydrogens (tertiary/aromatic N) is 3. The molecule has 0 saturated heterocycles. The second kappa shape index (κ2) is 5.05. The first kappa shape index (κ1) is 12.4. The Balaban J connectivity index is 2.55. The summed E-state index contributed by atoms with van der Waals surface area (Å²) in [5.41, 5.74) is 0.542. The van der Waals surface area contributed by atoms with Crippen molar-refractivity contribution in [1.82, 2.24) is 14.5 Å². The lowest BCUT2D eigenvalue weighted by molar-refractivity contribution is -0.131. The highest BCUT2D eigenvalue weighted by atomic mass is 127. The van der Waals surface area contributed by atoms with Gasteiger partial charge in [-0.2, -0.15) is 5.10 Å². The first-order valence-electron chi connectivity index (χ1n) is 4.44. The van der Waals surface area contributed by atoms with Crippen LogP contribution in [-0.2, 0) is 4.79 Å². The molecule has 88 valence electrons. The van der Waals surface area contributed by atoms with E-state index in [-0.39, 0.29) is 5.69 Å². The lowest BCUT2D eigenvalue weighted by Gasteiger charge is -1.99. The minimum atomic E-state index is -1.14. The van der Waals surface area contributed by atoms with Crippen LogP contribution in [0.1, 0.15) is 5.69 Å². The molecule has 8 heteroatoms. The van der Waals surface area contributed by atoms with Gasteiger partial charge in [-0.15, -0.1) is 0 Å². The molecule has 0 aliphatic carbocycles. The van der Waals surface area contributed by atoms with Crippen LogP contribution >= 0.6 is 28.4 Å². The van der Waals surface area contributed by atoms with Crippen molar-refractivity contribution in [2.24, 2.45) is 0 Å². The number of aromatic nitrogens is 3. The van der Waals surface area contributed by atoms with Crippen molar-refractivity contribution in [3.63, 3.8) is 0 Å². The van der Waals surface area contributed by atoms with Gasteiger partial charge in [0.25, 0.3) is 0 Å². The summed E-state index contributed by atoms with van der Waals surface area (Å²) >= 11 is 2.13. The fourth-order valence-corrected chi connectivity index (χ4v) is 2.69. The fraction of sp³-hybridized carbons (Fsp3) is 0. The fourth-order valence-electron chi connectivity index (χ4n) is 1.28. The molecule has 0 bridgehead atoms. The van der Waals surface area contributed by atoms with Crippen molar-refractivity contribution in [2.45, 2.75) is 0 Å². The van der Waals surface area contributed by atoms with E-state index in [2.05, 4.69) is 32.1 Å². The quantitative estimate of drug-likeness (QED) is 0.516. The largest absolute Gasteiger partial charge is 0.478 e. The van der Waals surface area contributed by atoms with Gasteiger partial charge in [0.15, 0.2) is 5.65 Å². The van der Waals surface area contributed by atoms with Gasteiger partial charge in [-0.1, -0.05) is 0 Å². The number of fused-ring (bicyclic) bond motifs is 1. The van der Waals surface area contributed by atoms with E-state index >= 15 is 0 Å². The molecule has 17 heavy (non-hydrogen) atoms. The Morgan fingerprint density at radius 2 is 2.41 bits per heavy atom. The Labute approximate surface area is 110 Å². The van der Waals surface area contributed by atoms with Gasteiger partial charge >= 0.3 is 5.97 Å². The van der Waals surface area contributed by atoms with Gasteiger partial charge in [0, 0.05) is 11.5 Å². The van der Waals surface area contributed by atoms with Crippen LogP contribution < -0.4 is 0 Å². The van der Waals surface area contributed by atoms with Crippen LogP contribution in [0.3, 0.4) is 0 Å². The number of carboxylic acid groups (broad SMARTS) is 1. The molecule has 2 rings (SSSR count). The highest BCUT2D eigenvalue weighted by molar-refractivity contribution is 14.2. The van der Waals surface area contributed by atoms with E-state index in [9.17, 15) is 9.18 Å². The molecule has 1 unspecified atom stereocenters. The zero-order valence-electron chi connectivity index (χ0n) is 8.26. The molecule has 2 heterocycles. The molecule has 1 atom stereocenters. The van der Waals surface area contributed by atoms with E-state index in [1.807, 2.05) is 0 Å². The first-order valence-corrected chi connectivity index (χ1v) is 8.50. The summed E-state index contributed by atoms with van der Waals surface area (Å²) in [6.45, 7) is 0. The van der Waals surface area contributed by atoms with Crippen molar-refractivity contribution in [1.29, 1.82) is 0 Å². The number of aliphatic carboxylic acids is 1. The third-order valence-corrected chi connectivity index (χ3v) is 3.85. The Morgan fingerprint density at radius 1 is 1.65 bits per heavy atom. The molecular formula is C9H6FIN3O2P. The third-order valence-electron chi connectivity index (χ3n) is 1.99. The predicted octanol–water partition coefficient (Wildman–Crippen LogP) is 2.46. The smallest absolute Gasteiger partial charge is 0.328 e. The number of hydrogen-bond acceptors (Lipinski definition) is 3. The molecule has 0 aromatic carbocycles. The van der Waals surface area contributed by atoms with Gasteiger partial charge in [0.05, 0.1) is 12.6 Å². The first-order chi connectivity index (χ1) is 8.11. The third kappa shape index (κ3) is 2.61. The molecule has 0 aliphatic heterocycles. The van der Waals surface area contributed by atoms with Gasteiger partial charge in [0.2, 0.25) is 0 Å². The topological polar surface area (TPSA) is 68.0 Å². The van der Waals surface area contributed by atoms with Crippen molar-refractivity contribution in [3.05, 3.63) is 29.9 Å². The van der Waals surface area contributed by atoms with Crippen LogP contribution in [0.25, 0.3) is 17.1 Å². The van der Waals surface area contributed by atoms with Gasteiger partial charge in [0.1, 0.15) is 11.5 Å². The number of halogens is 2. The SMILES string of the molecule is O=C(O)/C=C/c1nc2c(cnn2PI)cc1F. The minimum absolute atomic E-state index is 0.00343. The molecule has 0 aliphatic rings. The standard InChI is InChI=1S/C9H6FIN3O2P/c10-6-3-5-4-12-14(17-11)9(5)13-7(6)1-2-8(15)16/h1-4,17H,(H,15,16)/b2-1+. The number of carbonyl (C=O) groups is 1. The highest BCUT2D eigenvalue weighted by Crippen LogP contribution is 2.28. The lowest BCUT2D eigenvalue weighted by Crippen LogP contribution is -1.93. The number of hydrogen-bond donors (Lipinski definition) is 1. The average molecular weight is 365 g/mol. The summed E-state index contributed by atoms with van der Waals surface area (Å²) < 4.78 is 15.2. The molecule has 0 amide bonds. The predicted molar refractivity (Wildman–Crippen MR) is 71.9 cm³/mol. The van der Waals surface area contributed by atoms with Crippen LogP contribution in [-0.4, -0.2) is 25.6 Å². The highest BCUT2D eigenvalue weighted by Gasteiger charge is 2.09. The van der Waals surface area contributed by atoms with Crippen molar-refractivity contribution in [2.75, 3.05) is 0 Å². The molecule has 1 N–H and O–H groups in total. The van der Waals surface area contributed by atoms with E-state index in [0.29, 0.717) is 17.4 Å². The van der Waals surface area contributed by atoms with E-state index in [1.165, 1.54) is 12.3 Å². The van der Waals surface area contributed by atoms with Crippen molar-refractivity contribution < 1.29 is 14.3 Å². The Kier molecular flexibility index (Phi) is 3.68. The van der Waals surface area contributed by atoms with Gasteiger partial charge in [-0.05, 0) is 34.2 Å². The summed E-state index contributed by atoms with van der Waals surface area (Å²) in [5, 5.41) is 13.1. The normalized spacial score (nSPS) is 12.1. The number of carboxylic acids is 1. The summed E-state index contributed by atoms with van der Waals surface area (Å²) in [6, 6.07) is 1.30. The van der Waals surface area contributed by atoms with Crippen LogP contribution in [0, 0.1) is 5.82 Å². The van der Waals surface area contributed by atoms with E-state index in [4.69, 9.17) is 5.11 Å². The molecular weight excluding hydrogens is 359 g/mol. The zero-order valence-corrected chi connectivity index (χ0v) is 11.4. The number of rotatable bonds is 3. The maximum atomic E-state index is 13.5. The summed E-state index contributed by atoms with van der Waals surface area (Å²) in [5.74, 6) is -1.71. The average Bonchev–Trinajstić information content (AvgIpc) is 2.67. The second-order valence-electron chi connectivity index (χ2n) is 3.08. The molecule has 0 fully saturated rings. The van der Waals surface area contributed by atoms with E-state index in [1.54, 1.807) is 4.45 Å². The minimum Gasteiger partial charge on any atom is -0.478 e. The van der Waals surface area contributed by atoms with Crippen molar-refractivity contribution in [3.8, 4) is 0 Å². The molecule has 0 saturated carbocycles. The van der Waals surface area contributed by atoms with Crippen LogP contribution in [0.5, 0.6) is 0 Å². The second-order valence-corrected chi connectivity index (χ2v) is 5.12. The van der Waals surface area contributed by atoms with E-state index < -0.39 is 11.8 Å². The number of pyridine rings is 1. The maximum absolute atomic E-state index is 13.5. The summed E-state index contributed by atoms with van der Waals surface area (Å²) in [4.78, 5) is 14.4. The Bertz CT molecular complexity index is 614. The molecule has 2 aromatic heterocycles. The monoisotopic (exact) mass is 365 g/mol. The van der Waals surface area contributed by atoms with Crippen LogP contribution in [0.2, 0.25) is 0 Å². The van der Waals surface area contributed by atoms with Crippen molar-refractivity contribution >= 4 is 51.5 Å². The van der Waals surface area contributed by atoms with Crippen LogP contribution in [0.4, 0.5) is 4.39 Å². The van der Waals surface area contributed by atoms with E-state index in [0.717, 1.165) is 12.2 Å². The molecule has 0 spiro atoms. The molecule has 0 radical (unpaired) electrons. The Hall–Kier alpha value is -1.08. The van der Waals surface area contributed by atoms with Gasteiger partial charge in [-0.3, -0.25) is 0 Å². The molecule has 5 nitrogen and oxygen atoms in total.